The van der Waals surface area contributed by atoms with Crippen molar-refractivity contribution in [3.8, 4) is 0 Å². The topological polar surface area (TPSA) is 98.7 Å². The van der Waals surface area contributed by atoms with Gasteiger partial charge in [-0.15, -0.1) is 0 Å². The van der Waals surface area contributed by atoms with E-state index in [2.05, 4.69) is 12.2 Å². The fraction of sp³-hybridized carbons (Fsp3) is 0. The van der Waals surface area contributed by atoms with E-state index in [4.69, 9.17) is 10.4 Å². The summed E-state index contributed by atoms with van der Waals surface area (Å²) in [6, 6.07) is 0. The minimum absolute atomic E-state index is 0.674. The third-order valence-corrected chi connectivity index (χ3v) is 0.892. The van der Waals surface area contributed by atoms with Crippen LogP contribution in [0.25, 0.3) is 0 Å². The average molecular weight is 164 g/mol. The zero-order valence-corrected chi connectivity index (χ0v) is 5.44. The van der Waals surface area contributed by atoms with Crippen molar-refractivity contribution in [3.05, 3.63) is 0 Å². The summed E-state index contributed by atoms with van der Waals surface area (Å²) >= 11 is 4.14. The molecule has 0 rings (SSSR count). The Bertz CT molecular complexity index is 161. The second kappa shape index (κ2) is 3.88. The van der Waals surface area contributed by atoms with Gasteiger partial charge in [-0.3, -0.25) is 25.5 Å². The lowest BCUT2D eigenvalue weighted by Gasteiger charge is -1.96. The molecule has 0 aromatic carbocycles. The predicted octanol–water partition coefficient (Wildman–Crippen LogP) is -1.63. The molecule has 0 saturated carbocycles. The number of nitrogens with one attached hydrogen (secondary N) is 2. The second-order valence-electron chi connectivity index (χ2n) is 1.21. The highest BCUT2D eigenvalue weighted by Crippen LogP contribution is 1.75. The minimum atomic E-state index is -1.30. The maximum Gasteiger partial charge on any atom is 0.318 e. The molecular weight excluding hydrogens is 160 g/mol. The molecule has 0 saturated heterocycles. The molecule has 7 heteroatoms. The molecular formula is C3H4N2O4S. The van der Waals surface area contributed by atoms with E-state index in [1.54, 1.807) is 0 Å². The third kappa shape index (κ3) is 2.05. The Morgan fingerprint density at radius 1 is 1.20 bits per heavy atom. The quantitative estimate of drug-likeness (QED) is 0.169. The summed E-state index contributed by atoms with van der Waals surface area (Å²) < 4.78 is 0. The Hall–Kier alpha value is -1.05. The van der Waals surface area contributed by atoms with Gasteiger partial charge >= 0.3 is 5.91 Å². The first-order valence-electron chi connectivity index (χ1n) is 2.06. The van der Waals surface area contributed by atoms with E-state index >= 15 is 0 Å². The zero-order chi connectivity index (χ0) is 8.15. The first kappa shape index (κ1) is 8.95. The first-order valence-corrected chi connectivity index (χ1v) is 2.47. The smallest absolute Gasteiger partial charge is 0.290 e. The molecule has 0 heterocycles. The normalized spacial score (nSPS) is 8.20. The second-order valence-corrected chi connectivity index (χ2v) is 1.62. The monoisotopic (exact) mass is 164 g/mol. The standard InChI is InChI=1S/C3H4N2O4S/c6-1(2(7)4-8)3(10)5-9/h8-9H,(H,4,7)(H,5,10). The summed E-state index contributed by atoms with van der Waals surface area (Å²) in [5.41, 5.74) is 2.34. The first-order chi connectivity index (χ1) is 4.63. The summed E-state index contributed by atoms with van der Waals surface area (Å²) in [5, 5.41) is 15.8. The van der Waals surface area contributed by atoms with Crippen molar-refractivity contribution in [1.29, 1.82) is 0 Å². The van der Waals surface area contributed by atoms with Gasteiger partial charge in [0.1, 0.15) is 0 Å². The lowest BCUT2D eigenvalue weighted by Crippen LogP contribution is -2.38. The van der Waals surface area contributed by atoms with Crippen molar-refractivity contribution >= 4 is 28.9 Å². The number of carbonyl (C=O) groups is 2. The van der Waals surface area contributed by atoms with Gasteiger partial charge in [0.25, 0.3) is 5.78 Å². The van der Waals surface area contributed by atoms with E-state index in [1.807, 2.05) is 0 Å². The Morgan fingerprint density at radius 3 is 2.00 bits per heavy atom. The molecule has 56 valence electrons. The largest absolute Gasteiger partial charge is 0.318 e. The van der Waals surface area contributed by atoms with Crippen molar-refractivity contribution in [2.24, 2.45) is 0 Å². The van der Waals surface area contributed by atoms with Gasteiger partial charge in [-0.05, 0) is 0 Å². The van der Waals surface area contributed by atoms with E-state index in [0.717, 1.165) is 5.48 Å². The lowest BCUT2D eigenvalue weighted by molar-refractivity contribution is -0.139. The molecule has 0 radical (unpaired) electrons. The number of Topliss-reactive ketones (excluding diaryl/α,β-unsaturated/α-hetero) is 1. The summed E-state index contributed by atoms with van der Waals surface area (Å²) in [4.78, 5) is 19.9. The molecule has 10 heavy (non-hydrogen) atoms. The number of amides is 1. The predicted molar refractivity (Wildman–Crippen MR) is 32.5 cm³/mol. The number of ketones is 1. The van der Waals surface area contributed by atoms with Crippen LogP contribution >= 0.6 is 12.2 Å². The molecule has 0 aliphatic carbocycles. The van der Waals surface area contributed by atoms with Gasteiger partial charge in [-0.2, -0.15) is 0 Å². The molecule has 0 spiro atoms. The maximum absolute atomic E-state index is 10.4. The van der Waals surface area contributed by atoms with Crippen LogP contribution in [-0.2, 0) is 9.59 Å². The van der Waals surface area contributed by atoms with Gasteiger partial charge in [-0.1, -0.05) is 12.2 Å². The molecule has 4 N–H and O–H groups in total. The van der Waals surface area contributed by atoms with Crippen LogP contribution in [0.2, 0.25) is 0 Å². The van der Waals surface area contributed by atoms with Gasteiger partial charge < -0.3 is 0 Å². The number of hydrogen-bond donors (Lipinski definition) is 4. The molecule has 0 aromatic heterocycles. The van der Waals surface area contributed by atoms with Crippen molar-refractivity contribution in [2.75, 3.05) is 0 Å². The molecule has 0 atom stereocenters. The van der Waals surface area contributed by atoms with Crippen LogP contribution in [0.1, 0.15) is 0 Å². The number of carbonyl (C=O) groups excluding carboxylic acids is 2. The summed E-state index contributed by atoms with van der Waals surface area (Å²) in [5.74, 6) is -2.51. The van der Waals surface area contributed by atoms with E-state index in [-0.39, 0.29) is 0 Å². The number of thiocarbonyl (C=S) groups is 1. The average Bonchev–Trinajstić information content (AvgIpc) is 2.00. The molecule has 0 aliphatic heterocycles. The number of hydrogen-bond acceptors (Lipinski definition) is 5. The molecule has 0 bridgehead atoms. The SMILES string of the molecule is O=C(NO)C(=O)C(=S)NO. The van der Waals surface area contributed by atoms with E-state index in [0.29, 0.717) is 0 Å². The Morgan fingerprint density at radius 2 is 1.70 bits per heavy atom. The van der Waals surface area contributed by atoms with Crippen LogP contribution in [0, 0.1) is 0 Å². The molecule has 0 unspecified atom stereocenters. The summed E-state index contributed by atoms with van der Waals surface area (Å²) in [7, 11) is 0. The van der Waals surface area contributed by atoms with Crippen molar-refractivity contribution in [3.63, 3.8) is 0 Å². The molecule has 0 aliphatic rings. The van der Waals surface area contributed by atoms with Crippen molar-refractivity contribution < 1.29 is 20.0 Å². The highest BCUT2D eigenvalue weighted by atomic mass is 32.1. The highest BCUT2D eigenvalue weighted by Gasteiger charge is 2.17. The van der Waals surface area contributed by atoms with Gasteiger partial charge in [0.05, 0.1) is 0 Å². The van der Waals surface area contributed by atoms with E-state index in [9.17, 15) is 9.59 Å². The Labute approximate surface area is 60.7 Å². The van der Waals surface area contributed by atoms with Gasteiger partial charge in [-0.25, -0.2) is 5.48 Å². The fourth-order valence-corrected chi connectivity index (χ4v) is 0.297. The summed E-state index contributed by atoms with van der Waals surface area (Å²) in [6.45, 7) is 0. The molecule has 0 fully saturated rings. The van der Waals surface area contributed by atoms with Gasteiger partial charge in [0, 0.05) is 0 Å². The van der Waals surface area contributed by atoms with Crippen molar-refractivity contribution in [1.82, 2.24) is 11.0 Å². The summed E-state index contributed by atoms with van der Waals surface area (Å²) in [6.07, 6.45) is 0. The van der Waals surface area contributed by atoms with Crippen molar-refractivity contribution in [2.45, 2.75) is 0 Å². The van der Waals surface area contributed by atoms with Gasteiger partial charge in [0.15, 0.2) is 4.99 Å². The molecule has 1 amide bonds. The fourth-order valence-electron chi connectivity index (χ4n) is 0.205. The lowest BCUT2D eigenvalue weighted by atomic mass is 10.4. The zero-order valence-electron chi connectivity index (χ0n) is 4.62. The van der Waals surface area contributed by atoms with E-state index in [1.165, 1.54) is 5.48 Å². The number of rotatable bonds is 2. The van der Waals surface area contributed by atoms with Gasteiger partial charge in [0.2, 0.25) is 0 Å². The van der Waals surface area contributed by atoms with Crippen LogP contribution in [0.15, 0.2) is 0 Å². The Kier molecular flexibility index (Phi) is 3.47. The van der Waals surface area contributed by atoms with Crippen LogP contribution < -0.4 is 11.0 Å². The van der Waals surface area contributed by atoms with Crippen LogP contribution in [-0.4, -0.2) is 27.1 Å². The number of hydroxylamine groups is 2. The van der Waals surface area contributed by atoms with E-state index < -0.39 is 16.7 Å². The maximum atomic E-state index is 10.4. The van der Waals surface area contributed by atoms with Crippen LogP contribution in [0.5, 0.6) is 0 Å². The van der Waals surface area contributed by atoms with Crippen LogP contribution in [0.3, 0.4) is 0 Å². The molecule has 6 nitrogen and oxygen atoms in total. The Balaban J connectivity index is 4.09. The molecule has 0 aromatic rings. The highest BCUT2D eigenvalue weighted by molar-refractivity contribution is 7.82. The van der Waals surface area contributed by atoms with Crippen LogP contribution in [0.4, 0.5) is 0 Å². The third-order valence-electron chi connectivity index (χ3n) is 0.616. The minimum Gasteiger partial charge on any atom is -0.290 e.